The number of morpholine rings is 1. The van der Waals surface area contributed by atoms with Crippen molar-refractivity contribution in [3.63, 3.8) is 0 Å². The van der Waals surface area contributed by atoms with Crippen LogP contribution in [0.2, 0.25) is 0 Å². The summed E-state index contributed by atoms with van der Waals surface area (Å²) < 4.78 is 36.1. The highest BCUT2D eigenvalue weighted by molar-refractivity contribution is 7.86. The molecule has 12 heteroatoms. The van der Waals surface area contributed by atoms with Crippen molar-refractivity contribution < 1.29 is 17.9 Å². The number of rotatable bonds is 5. The van der Waals surface area contributed by atoms with Gasteiger partial charge in [0.05, 0.1) is 24.3 Å². The van der Waals surface area contributed by atoms with Crippen LogP contribution in [0, 0.1) is 0 Å². The second kappa shape index (κ2) is 9.47. The topological polar surface area (TPSA) is 117 Å². The molecule has 2 aliphatic heterocycles. The molecule has 1 amide bonds. The fourth-order valence-electron chi connectivity index (χ4n) is 4.39. The van der Waals surface area contributed by atoms with E-state index in [-0.39, 0.29) is 36.0 Å². The molecule has 4 rings (SSSR count). The zero-order valence-electron chi connectivity index (χ0n) is 19.1. The van der Waals surface area contributed by atoms with Gasteiger partial charge in [0, 0.05) is 51.7 Å². The summed E-state index contributed by atoms with van der Waals surface area (Å²) in [6, 6.07) is 6.89. The smallest absolute Gasteiger partial charge is 0.282 e. The minimum Gasteiger partial charge on any atom is -0.373 e. The number of amides is 1. The Balaban J connectivity index is 1.49. The molecule has 1 aromatic heterocycles. The Hall–Kier alpha value is -2.38. The van der Waals surface area contributed by atoms with Crippen LogP contribution in [0.1, 0.15) is 24.3 Å². The number of benzene rings is 1. The molecule has 2 fully saturated rings. The summed E-state index contributed by atoms with van der Waals surface area (Å²) in [4.78, 5) is 27.3. The maximum absolute atomic E-state index is 13.1. The van der Waals surface area contributed by atoms with E-state index in [4.69, 9.17) is 4.74 Å². The summed E-state index contributed by atoms with van der Waals surface area (Å²) in [5.74, 6) is -0.371. The molecular formula is C21H30N6O5S. The van der Waals surface area contributed by atoms with E-state index in [1.165, 1.54) is 20.3 Å². The Bertz CT molecular complexity index is 1180. The first-order valence-electron chi connectivity index (χ1n) is 11.1. The summed E-state index contributed by atoms with van der Waals surface area (Å²) in [6.07, 6.45) is -0.296. The zero-order chi connectivity index (χ0) is 23.8. The van der Waals surface area contributed by atoms with Gasteiger partial charge in [-0.15, -0.1) is 0 Å². The van der Waals surface area contributed by atoms with Gasteiger partial charge in [0.2, 0.25) is 0 Å². The molecule has 0 bridgehead atoms. The lowest BCUT2D eigenvalue weighted by molar-refractivity contribution is -0.0458. The van der Waals surface area contributed by atoms with Crippen molar-refractivity contribution in [2.24, 2.45) is 0 Å². The Labute approximate surface area is 193 Å². The number of aromatic nitrogens is 2. The largest absolute Gasteiger partial charge is 0.373 e. The predicted octanol–water partition coefficient (Wildman–Crippen LogP) is -0.315. The van der Waals surface area contributed by atoms with Crippen molar-refractivity contribution in [1.29, 1.82) is 0 Å². The molecule has 0 saturated carbocycles. The van der Waals surface area contributed by atoms with E-state index in [1.54, 1.807) is 24.3 Å². The van der Waals surface area contributed by atoms with Gasteiger partial charge in [-0.05, 0) is 19.9 Å². The van der Waals surface area contributed by atoms with Crippen LogP contribution in [0.25, 0.3) is 10.8 Å². The third kappa shape index (κ3) is 4.80. The van der Waals surface area contributed by atoms with Gasteiger partial charge < -0.3 is 10.1 Å². The number of piperazine rings is 1. The van der Waals surface area contributed by atoms with Crippen molar-refractivity contribution in [2.75, 3.05) is 46.3 Å². The highest BCUT2D eigenvalue weighted by Crippen LogP contribution is 2.19. The van der Waals surface area contributed by atoms with E-state index in [9.17, 15) is 18.0 Å². The van der Waals surface area contributed by atoms with Crippen LogP contribution in [-0.2, 0) is 21.6 Å². The highest BCUT2D eigenvalue weighted by atomic mass is 32.2. The molecule has 0 unspecified atom stereocenters. The molecule has 2 aliphatic rings. The fraction of sp³-hybridized carbons (Fsp3) is 0.571. The molecular weight excluding hydrogens is 448 g/mol. The summed E-state index contributed by atoms with van der Waals surface area (Å²) in [7, 11) is -2.06. The van der Waals surface area contributed by atoms with E-state index in [0.29, 0.717) is 50.0 Å². The fourth-order valence-corrected chi connectivity index (χ4v) is 6.14. The number of nitrogens with one attached hydrogen (secondary N) is 1. The van der Waals surface area contributed by atoms with Crippen LogP contribution in [-0.4, -0.2) is 96.1 Å². The predicted molar refractivity (Wildman–Crippen MR) is 123 cm³/mol. The van der Waals surface area contributed by atoms with Crippen LogP contribution in [0.15, 0.2) is 29.1 Å². The molecule has 0 aliphatic carbocycles. The lowest BCUT2D eigenvalue weighted by atomic mass is 10.1. The molecule has 11 nitrogen and oxygen atoms in total. The molecule has 1 aromatic carbocycles. The Morgan fingerprint density at radius 2 is 1.67 bits per heavy atom. The van der Waals surface area contributed by atoms with Crippen LogP contribution in [0.4, 0.5) is 0 Å². The third-order valence-corrected chi connectivity index (χ3v) is 7.98. The first-order chi connectivity index (χ1) is 15.7. The number of carbonyl (C=O) groups excluding carboxylic acids is 1. The summed E-state index contributed by atoms with van der Waals surface area (Å²) in [6.45, 7) is 6.12. The summed E-state index contributed by atoms with van der Waals surface area (Å²) in [5.41, 5.74) is -0.103. The Kier molecular flexibility index (Phi) is 6.82. The van der Waals surface area contributed by atoms with Crippen LogP contribution in [0.3, 0.4) is 0 Å². The first kappa shape index (κ1) is 23.8. The number of carbonyl (C=O) groups is 1. The number of fused-ring (bicyclic) bond motifs is 1. The van der Waals surface area contributed by atoms with Gasteiger partial charge in [-0.3, -0.25) is 14.5 Å². The Morgan fingerprint density at radius 3 is 2.27 bits per heavy atom. The zero-order valence-corrected chi connectivity index (χ0v) is 19.9. The monoisotopic (exact) mass is 478 g/mol. The Morgan fingerprint density at radius 1 is 1.06 bits per heavy atom. The van der Waals surface area contributed by atoms with Gasteiger partial charge in [0.15, 0.2) is 5.69 Å². The van der Waals surface area contributed by atoms with Crippen molar-refractivity contribution in [2.45, 2.75) is 32.7 Å². The molecule has 2 aromatic rings. The van der Waals surface area contributed by atoms with E-state index < -0.39 is 10.2 Å². The van der Waals surface area contributed by atoms with Crippen LogP contribution in [0.5, 0.6) is 0 Å². The molecule has 0 radical (unpaired) electrons. The third-order valence-electron chi connectivity index (χ3n) is 6.01. The van der Waals surface area contributed by atoms with Gasteiger partial charge in [0.1, 0.15) is 0 Å². The molecule has 0 spiro atoms. The normalized spacial score (nSPS) is 23.6. The van der Waals surface area contributed by atoms with Gasteiger partial charge in [-0.1, -0.05) is 18.2 Å². The van der Waals surface area contributed by atoms with Crippen molar-refractivity contribution in [3.8, 4) is 0 Å². The second-order valence-electron chi connectivity index (χ2n) is 8.52. The van der Waals surface area contributed by atoms with Gasteiger partial charge >= 0.3 is 0 Å². The van der Waals surface area contributed by atoms with E-state index >= 15 is 0 Å². The van der Waals surface area contributed by atoms with Gasteiger partial charge in [-0.25, -0.2) is 4.68 Å². The first-order valence-corrected chi connectivity index (χ1v) is 12.5. The maximum atomic E-state index is 13.1. The number of ether oxygens (including phenoxy) is 1. The molecule has 2 atom stereocenters. The summed E-state index contributed by atoms with van der Waals surface area (Å²) in [5, 5.41) is 7.81. The van der Waals surface area contributed by atoms with Crippen molar-refractivity contribution in [3.05, 3.63) is 40.3 Å². The number of hydrogen-bond donors (Lipinski definition) is 1. The molecule has 1 N–H and O–H groups in total. The molecule has 180 valence electrons. The molecule has 2 saturated heterocycles. The number of nitrogens with zero attached hydrogens (tertiary/aromatic N) is 5. The summed E-state index contributed by atoms with van der Waals surface area (Å²) >= 11 is 0. The van der Waals surface area contributed by atoms with E-state index in [0.717, 1.165) is 0 Å². The molecule has 3 heterocycles. The minimum absolute atomic E-state index is 0.148. The van der Waals surface area contributed by atoms with E-state index in [2.05, 4.69) is 10.4 Å². The second-order valence-corrected chi connectivity index (χ2v) is 10.4. The van der Waals surface area contributed by atoms with Crippen LogP contribution < -0.4 is 10.9 Å². The van der Waals surface area contributed by atoms with Crippen molar-refractivity contribution >= 4 is 26.9 Å². The number of hydrogen-bond acceptors (Lipinski definition) is 7. The maximum Gasteiger partial charge on any atom is 0.282 e. The standard InChI is InChI=1S/C21H30N6O5S/c1-15-12-26(13-16(2)32-15)33(30,31)25-10-8-24(9-11-25)14-27-21(29)18-7-5-4-6-17(18)19(23-27)20(28)22-3/h4-7,15-16H,8-14H2,1-3H3,(H,22,28)/t15-,16-/m0/s1. The van der Waals surface area contributed by atoms with Gasteiger partial charge in [0.25, 0.3) is 21.7 Å². The van der Waals surface area contributed by atoms with Gasteiger partial charge in [-0.2, -0.15) is 22.1 Å². The highest BCUT2D eigenvalue weighted by Gasteiger charge is 2.36. The minimum atomic E-state index is -3.58. The SMILES string of the molecule is CNC(=O)c1nn(CN2CCN(S(=O)(=O)N3C[C@H](C)O[C@@H](C)C3)CC2)c(=O)c2ccccc12. The van der Waals surface area contributed by atoms with E-state index in [1.807, 2.05) is 18.7 Å². The molecule has 33 heavy (non-hydrogen) atoms. The lowest BCUT2D eigenvalue weighted by Gasteiger charge is -2.40. The average molecular weight is 479 g/mol. The van der Waals surface area contributed by atoms with Crippen LogP contribution >= 0.6 is 0 Å². The average Bonchev–Trinajstić information content (AvgIpc) is 2.80. The lowest BCUT2D eigenvalue weighted by Crippen LogP contribution is -2.57. The van der Waals surface area contributed by atoms with Crippen molar-refractivity contribution in [1.82, 2.24) is 28.6 Å². The quantitative estimate of drug-likeness (QED) is 0.626.